The van der Waals surface area contributed by atoms with Gasteiger partial charge in [0.1, 0.15) is 0 Å². The monoisotopic (exact) mass is 308 g/mol. The molecule has 92 valence electrons. The number of aromatic nitrogens is 1. The fourth-order valence-electron chi connectivity index (χ4n) is 0.962. The summed E-state index contributed by atoms with van der Waals surface area (Å²) in [6.45, 7) is 0.286. The van der Waals surface area contributed by atoms with Gasteiger partial charge >= 0.3 is 6.18 Å². The predicted molar refractivity (Wildman–Crippen MR) is 59.1 cm³/mol. The van der Waals surface area contributed by atoms with Crippen molar-refractivity contribution in [2.24, 2.45) is 0 Å². The van der Waals surface area contributed by atoms with Gasteiger partial charge in [-0.15, -0.1) is 0 Å². The largest absolute Gasteiger partial charge is 0.455 e. The average molecular weight is 309 g/mol. The minimum Gasteiger partial charge on any atom is -0.386 e. The van der Waals surface area contributed by atoms with Crippen molar-refractivity contribution >= 4 is 21.7 Å². The Morgan fingerprint density at radius 1 is 1.53 bits per heavy atom. The van der Waals surface area contributed by atoms with E-state index < -0.39 is 16.4 Å². The summed E-state index contributed by atoms with van der Waals surface area (Å²) in [5.74, 6) is -1.92. The van der Waals surface area contributed by atoms with E-state index in [1.165, 1.54) is 0 Å². The number of pyridine rings is 1. The zero-order valence-corrected chi connectivity index (χ0v) is 10.0. The molecule has 1 N–H and O–H groups in total. The van der Waals surface area contributed by atoms with Crippen LogP contribution in [0.1, 0.15) is 5.56 Å². The molecule has 1 aromatic rings. The molecule has 0 aliphatic heterocycles. The fourth-order valence-corrected chi connectivity index (χ4v) is 1.35. The third-order valence-corrected chi connectivity index (χ3v) is 2.32. The lowest BCUT2D eigenvalue weighted by molar-refractivity contribution is -0.165. The second kappa shape index (κ2) is 5.81. The molecule has 7 heteroatoms. The maximum atomic E-state index is 12.0. The fraction of sp³-hybridized carbons (Fsp3) is 0.200. The summed E-state index contributed by atoms with van der Waals surface area (Å²) < 4.78 is 35.4. The van der Waals surface area contributed by atoms with Crippen molar-refractivity contribution in [2.45, 2.75) is 12.7 Å². The number of alkyl halides is 3. The molecule has 0 unspecified atom stereocenters. The molecule has 1 rings (SSSR count). The first kappa shape index (κ1) is 13.7. The molecule has 0 spiro atoms. The van der Waals surface area contributed by atoms with E-state index in [-0.39, 0.29) is 6.54 Å². The molecule has 0 atom stereocenters. The normalized spacial score (nSPS) is 12.4. The van der Waals surface area contributed by atoms with Crippen LogP contribution in [0.5, 0.6) is 0 Å². The van der Waals surface area contributed by atoms with E-state index >= 15 is 0 Å². The number of allylic oxidation sites excluding steroid dienone is 1. The summed E-state index contributed by atoms with van der Waals surface area (Å²) in [4.78, 5) is 14.6. The van der Waals surface area contributed by atoms with E-state index in [0.29, 0.717) is 0 Å². The number of carbonyl (C=O) groups excluding carboxylic acids is 1. The maximum Gasteiger partial charge on any atom is 0.455 e. The topological polar surface area (TPSA) is 42.0 Å². The number of hydrogen-bond acceptors (Lipinski definition) is 3. The van der Waals surface area contributed by atoms with Crippen molar-refractivity contribution in [3.05, 3.63) is 40.8 Å². The van der Waals surface area contributed by atoms with Crippen LogP contribution in [0.15, 0.2) is 35.2 Å². The highest BCUT2D eigenvalue weighted by molar-refractivity contribution is 9.12. The Bertz CT molecular complexity index is 417. The van der Waals surface area contributed by atoms with Crippen molar-refractivity contribution in [1.82, 2.24) is 10.3 Å². The number of ketones is 1. The van der Waals surface area contributed by atoms with Gasteiger partial charge in [-0.05, 0) is 27.6 Å². The molecule has 0 radical (unpaired) electrons. The average Bonchev–Trinajstić information content (AvgIpc) is 2.28. The van der Waals surface area contributed by atoms with Gasteiger partial charge in [-0.1, -0.05) is 6.07 Å². The SMILES string of the molecule is O=C(/C(Br)=C/NCc1cccnc1)C(F)(F)F. The number of halogens is 4. The first-order chi connectivity index (χ1) is 7.91. The first-order valence-corrected chi connectivity index (χ1v) is 5.30. The lowest BCUT2D eigenvalue weighted by Gasteiger charge is -2.05. The van der Waals surface area contributed by atoms with E-state index in [9.17, 15) is 18.0 Å². The second-order valence-corrected chi connectivity index (χ2v) is 3.92. The molecule has 1 heterocycles. The van der Waals surface area contributed by atoms with Crippen LogP contribution in [0.25, 0.3) is 0 Å². The summed E-state index contributed by atoms with van der Waals surface area (Å²) in [5, 5.41) is 2.58. The minimum absolute atomic E-state index is 0.286. The van der Waals surface area contributed by atoms with E-state index in [1.54, 1.807) is 24.5 Å². The zero-order valence-electron chi connectivity index (χ0n) is 8.46. The molecule has 0 aliphatic rings. The smallest absolute Gasteiger partial charge is 0.386 e. The van der Waals surface area contributed by atoms with Crippen molar-refractivity contribution in [2.75, 3.05) is 0 Å². The highest BCUT2D eigenvalue weighted by Crippen LogP contribution is 2.23. The Balaban J connectivity index is 2.52. The van der Waals surface area contributed by atoms with Crippen LogP contribution >= 0.6 is 15.9 Å². The van der Waals surface area contributed by atoms with Crippen LogP contribution < -0.4 is 5.32 Å². The Morgan fingerprint density at radius 2 is 2.24 bits per heavy atom. The van der Waals surface area contributed by atoms with E-state index in [0.717, 1.165) is 11.8 Å². The molecule has 0 bridgehead atoms. The van der Waals surface area contributed by atoms with Crippen molar-refractivity contribution in [1.29, 1.82) is 0 Å². The quantitative estimate of drug-likeness (QED) is 0.869. The molecular formula is C10H8BrF3N2O. The van der Waals surface area contributed by atoms with Crippen LogP contribution in [0.2, 0.25) is 0 Å². The number of hydrogen-bond donors (Lipinski definition) is 1. The second-order valence-electron chi connectivity index (χ2n) is 3.06. The molecule has 0 saturated heterocycles. The molecule has 0 aliphatic carbocycles. The standard InChI is InChI=1S/C10H8BrF3N2O/c11-8(9(17)10(12,13)14)6-16-5-7-2-1-3-15-4-7/h1-4,6,16H,5H2/b8-6-. The summed E-state index contributed by atoms with van der Waals surface area (Å²) in [6.07, 6.45) is -0.739. The lowest BCUT2D eigenvalue weighted by atomic mass is 10.3. The van der Waals surface area contributed by atoms with Crippen LogP contribution in [0.3, 0.4) is 0 Å². The van der Waals surface area contributed by atoms with Crippen molar-refractivity contribution in [3.8, 4) is 0 Å². The minimum atomic E-state index is -4.87. The van der Waals surface area contributed by atoms with Crippen molar-refractivity contribution < 1.29 is 18.0 Å². The van der Waals surface area contributed by atoms with Gasteiger partial charge in [0, 0.05) is 25.1 Å². The number of rotatable bonds is 4. The zero-order chi connectivity index (χ0) is 12.9. The van der Waals surface area contributed by atoms with Crippen LogP contribution in [0, 0.1) is 0 Å². The Morgan fingerprint density at radius 3 is 2.76 bits per heavy atom. The third kappa shape index (κ3) is 4.56. The molecule has 0 saturated carbocycles. The van der Waals surface area contributed by atoms with Gasteiger partial charge in [0.15, 0.2) is 0 Å². The highest BCUT2D eigenvalue weighted by atomic mass is 79.9. The van der Waals surface area contributed by atoms with Gasteiger partial charge in [0.2, 0.25) is 0 Å². The van der Waals surface area contributed by atoms with Gasteiger partial charge < -0.3 is 5.32 Å². The van der Waals surface area contributed by atoms with E-state index in [4.69, 9.17) is 0 Å². The van der Waals surface area contributed by atoms with Crippen LogP contribution in [-0.4, -0.2) is 16.9 Å². The number of nitrogens with one attached hydrogen (secondary N) is 1. The molecule has 3 nitrogen and oxygen atoms in total. The summed E-state index contributed by atoms with van der Waals surface area (Å²) in [5.41, 5.74) is 0.795. The summed E-state index contributed by atoms with van der Waals surface area (Å²) in [6, 6.07) is 3.46. The Hall–Kier alpha value is -1.37. The predicted octanol–water partition coefficient (Wildman–Crippen LogP) is 2.54. The maximum absolute atomic E-state index is 12.0. The molecule has 0 aromatic carbocycles. The van der Waals surface area contributed by atoms with Gasteiger partial charge in [-0.2, -0.15) is 13.2 Å². The van der Waals surface area contributed by atoms with Crippen LogP contribution in [0.4, 0.5) is 13.2 Å². The number of carbonyl (C=O) groups is 1. The number of Topliss-reactive ketones (excluding diaryl/α,β-unsaturated/α-hetero) is 1. The lowest BCUT2D eigenvalue weighted by Crippen LogP contribution is -2.23. The Labute approximate surface area is 104 Å². The van der Waals surface area contributed by atoms with Crippen LogP contribution in [-0.2, 0) is 11.3 Å². The highest BCUT2D eigenvalue weighted by Gasteiger charge is 2.39. The summed E-state index contributed by atoms with van der Waals surface area (Å²) >= 11 is 2.57. The summed E-state index contributed by atoms with van der Waals surface area (Å²) in [7, 11) is 0. The third-order valence-electron chi connectivity index (χ3n) is 1.73. The van der Waals surface area contributed by atoms with Gasteiger partial charge in [-0.3, -0.25) is 9.78 Å². The molecule has 17 heavy (non-hydrogen) atoms. The molecular weight excluding hydrogens is 301 g/mol. The van der Waals surface area contributed by atoms with Gasteiger partial charge in [-0.25, -0.2) is 0 Å². The molecule has 0 fully saturated rings. The number of nitrogens with zero attached hydrogens (tertiary/aromatic N) is 1. The molecule has 0 amide bonds. The molecule has 1 aromatic heterocycles. The van der Waals surface area contributed by atoms with Gasteiger partial charge in [0.05, 0.1) is 4.48 Å². The Kier molecular flexibility index (Phi) is 4.68. The van der Waals surface area contributed by atoms with E-state index in [1.807, 2.05) is 0 Å². The van der Waals surface area contributed by atoms with Crippen molar-refractivity contribution in [3.63, 3.8) is 0 Å². The van der Waals surface area contributed by atoms with Gasteiger partial charge in [0.25, 0.3) is 5.78 Å². The van der Waals surface area contributed by atoms with E-state index in [2.05, 4.69) is 26.2 Å². The first-order valence-electron chi connectivity index (χ1n) is 4.50.